The number of carbonyl (C=O) groups excluding carboxylic acids is 1. The standard InChI is InChI=1S/C20H14ClFN2OS/c21-15-5-3-6-16(22)13(15)8-9-18(25)12-10-19(26-11-12)20-14-4-1-2-7-17(14)23-24-20/h1-7,10-11H,8-9H2,(H,23,24). The number of Topliss-reactive ketones (excluding diaryl/α,β-unsaturated/α-hetero) is 1. The Morgan fingerprint density at radius 2 is 2.04 bits per heavy atom. The van der Waals surface area contributed by atoms with E-state index in [0.29, 0.717) is 16.1 Å². The highest BCUT2D eigenvalue weighted by molar-refractivity contribution is 7.14. The molecule has 0 saturated carbocycles. The number of H-pyrrole nitrogens is 1. The molecular weight excluding hydrogens is 371 g/mol. The molecule has 3 nitrogen and oxygen atoms in total. The largest absolute Gasteiger partial charge is 0.294 e. The monoisotopic (exact) mass is 384 g/mol. The zero-order valence-electron chi connectivity index (χ0n) is 13.6. The van der Waals surface area contributed by atoms with E-state index in [1.54, 1.807) is 12.1 Å². The second-order valence-corrected chi connectivity index (χ2v) is 7.26. The summed E-state index contributed by atoms with van der Waals surface area (Å²) in [6.45, 7) is 0. The molecule has 0 unspecified atom stereocenters. The summed E-state index contributed by atoms with van der Waals surface area (Å²) in [5.41, 5.74) is 2.79. The summed E-state index contributed by atoms with van der Waals surface area (Å²) in [7, 11) is 0. The van der Waals surface area contributed by atoms with Gasteiger partial charge in [-0.25, -0.2) is 4.39 Å². The predicted molar refractivity (Wildman–Crippen MR) is 103 cm³/mol. The average molecular weight is 385 g/mol. The molecule has 4 aromatic rings. The summed E-state index contributed by atoms with van der Waals surface area (Å²) in [6.07, 6.45) is 0.485. The highest BCUT2D eigenvalue weighted by Crippen LogP contribution is 2.32. The Bertz CT molecular complexity index is 1080. The first-order chi connectivity index (χ1) is 12.6. The number of fused-ring (bicyclic) bond motifs is 1. The SMILES string of the molecule is O=C(CCc1c(F)cccc1Cl)c1csc(-c2n[nH]c3ccccc23)c1. The van der Waals surface area contributed by atoms with Gasteiger partial charge in [0.2, 0.25) is 0 Å². The lowest BCUT2D eigenvalue weighted by molar-refractivity contribution is 0.0983. The number of nitrogens with one attached hydrogen (secondary N) is 1. The van der Waals surface area contributed by atoms with Crippen LogP contribution in [0, 0.1) is 5.82 Å². The van der Waals surface area contributed by atoms with Crippen molar-refractivity contribution in [2.75, 3.05) is 0 Å². The Kier molecular flexibility index (Phi) is 4.57. The van der Waals surface area contributed by atoms with Crippen molar-refractivity contribution in [1.82, 2.24) is 10.2 Å². The molecule has 6 heteroatoms. The van der Waals surface area contributed by atoms with Crippen LogP contribution < -0.4 is 0 Å². The van der Waals surface area contributed by atoms with Gasteiger partial charge in [-0.05, 0) is 30.7 Å². The molecule has 0 aliphatic carbocycles. The molecule has 26 heavy (non-hydrogen) atoms. The van der Waals surface area contributed by atoms with Gasteiger partial charge in [-0.3, -0.25) is 9.89 Å². The Labute approximate surface area is 158 Å². The van der Waals surface area contributed by atoms with Crippen LogP contribution in [0.15, 0.2) is 53.9 Å². The van der Waals surface area contributed by atoms with Gasteiger partial charge in [0.05, 0.1) is 10.4 Å². The average Bonchev–Trinajstić information content (AvgIpc) is 3.28. The van der Waals surface area contributed by atoms with Crippen LogP contribution in [-0.2, 0) is 6.42 Å². The van der Waals surface area contributed by atoms with Gasteiger partial charge in [0.1, 0.15) is 11.5 Å². The zero-order chi connectivity index (χ0) is 18.1. The lowest BCUT2D eigenvalue weighted by Crippen LogP contribution is -2.01. The van der Waals surface area contributed by atoms with Crippen LogP contribution >= 0.6 is 22.9 Å². The van der Waals surface area contributed by atoms with Crippen LogP contribution in [-0.4, -0.2) is 16.0 Å². The number of aromatic amines is 1. The van der Waals surface area contributed by atoms with Crippen LogP contribution in [0.25, 0.3) is 21.5 Å². The number of aromatic nitrogens is 2. The topological polar surface area (TPSA) is 45.8 Å². The summed E-state index contributed by atoms with van der Waals surface area (Å²) in [5.74, 6) is -0.411. The highest BCUT2D eigenvalue weighted by atomic mass is 35.5. The fourth-order valence-corrected chi connectivity index (χ4v) is 4.09. The molecule has 130 valence electrons. The highest BCUT2D eigenvalue weighted by Gasteiger charge is 2.15. The van der Waals surface area contributed by atoms with E-state index in [0.717, 1.165) is 21.5 Å². The maximum absolute atomic E-state index is 13.8. The maximum Gasteiger partial charge on any atom is 0.164 e. The van der Waals surface area contributed by atoms with Gasteiger partial charge < -0.3 is 0 Å². The van der Waals surface area contributed by atoms with Gasteiger partial charge in [0.25, 0.3) is 0 Å². The van der Waals surface area contributed by atoms with E-state index in [2.05, 4.69) is 10.2 Å². The minimum absolute atomic E-state index is 0.0355. The number of hydrogen-bond donors (Lipinski definition) is 1. The first-order valence-corrected chi connectivity index (χ1v) is 9.37. The number of carbonyl (C=O) groups is 1. The number of halogens is 2. The Balaban J connectivity index is 1.53. The van der Waals surface area contributed by atoms with Gasteiger partial charge in [-0.1, -0.05) is 35.9 Å². The zero-order valence-corrected chi connectivity index (χ0v) is 15.2. The quantitative estimate of drug-likeness (QED) is 0.435. The van der Waals surface area contributed by atoms with E-state index in [-0.39, 0.29) is 24.4 Å². The van der Waals surface area contributed by atoms with Gasteiger partial charge >= 0.3 is 0 Å². The summed E-state index contributed by atoms with van der Waals surface area (Å²) < 4.78 is 13.8. The lowest BCUT2D eigenvalue weighted by atomic mass is 10.0. The van der Waals surface area contributed by atoms with Crippen molar-refractivity contribution in [2.45, 2.75) is 12.8 Å². The van der Waals surface area contributed by atoms with Crippen LogP contribution in [0.4, 0.5) is 4.39 Å². The fourth-order valence-electron chi connectivity index (χ4n) is 2.91. The Morgan fingerprint density at radius 1 is 1.19 bits per heavy atom. The Hall–Kier alpha value is -2.50. The number of hydrogen-bond acceptors (Lipinski definition) is 3. The van der Waals surface area contributed by atoms with Crippen molar-refractivity contribution >= 4 is 39.6 Å². The molecule has 0 atom stereocenters. The number of nitrogens with zero attached hydrogens (tertiary/aromatic N) is 1. The van der Waals surface area contributed by atoms with Crippen molar-refractivity contribution in [3.63, 3.8) is 0 Å². The van der Waals surface area contributed by atoms with Crippen LogP contribution in [0.5, 0.6) is 0 Å². The first kappa shape index (κ1) is 16.9. The minimum Gasteiger partial charge on any atom is -0.294 e. The molecule has 2 aromatic carbocycles. The maximum atomic E-state index is 13.8. The molecule has 0 bridgehead atoms. The number of thiophene rings is 1. The van der Waals surface area contributed by atoms with E-state index >= 15 is 0 Å². The first-order valence-electron chi connectivity index (χ1n) is 8.11. The molecule has 0 saturated heterocycles. The van der Waals surface area contributed by atoms with Crippen molar-refractivity contribution in [2.24, 2.45) is 0 Å². The van der Waals surface area contributed by atoms with Gasteiger partial charge in [0, 0.05) is 33.3 Å². The smallest absolute Gasteiger partial charge is 0.164 e. The number of benzene rings is 2. The normalized spacial score (nSPS) is 11.2. The summed E-state index contributed by atoms with van der Waals surface area (Å²) in [5, 5.41) is 10.6. The third-order valence-electron chi connectivity index (χ3n) is 4.29. The van der Waals surface area contributed by atoms with Crippen LogP contribution in [0.1, 0.15) is 22.3 Å². The number of para-hydroxylation sites is 1. The van der Waals surface area contributed by atoms with Crippen molar-refractivity contribution in [3.8, 4) is 10.6 Å². The number of rotatable bonds is 5. The molecule has 0 fully saturated rings. The third-order valence-corrected chi connectivity index (χ3v) is 5.58. The van der Waals surface area contributed by atoms with E-state index in [4.69, 9.17) is 11.6 Å². The molecule has 0 radical (unpaired) electrons. The molecule has 4 rings (SSSR count). The molecule has 0 aliphatic rings. The van der Waals surface area contributed by atoms with Crippen molar-refractivity contribution in [1.29, 1.82) is 0 Å². The summed E-state index contributed by atoms with van der Waals surface area (Å²) in [6, 6.07) is 14.3. The van der Waals surface area contributed by atoms with Crippen LogP contribution in [0.3, 0.4) is 0 Å². The molecular formula is C20H14ClFN2OS. The molecule has 1 N–H and O–H groups in total. The van der Waals surface area contributed by atoms with Crippen molar-refractivity contribution in [3.05, 3.63) is 75.9 Å². The van der Waals surface area contributed by atoms with E-state index in [1.807, 2.05) is 35.7 Å². The molecule has 2 aromatic heterocycles. The van der Waals surface area contributed by atoms with E-state index < -0.39 is 0 Å². The van der Waals surface area contributed by atoms with E-state index in [9.17, 15) is 9.18 Å². The molecule has 0 spiro atoms. The fraction of sp³-hybridized carbons (Fsp3) is 0.100. The van der Waals surface area contributed by atoms with Crippen molar-refractivity contribution < 1.29 is 9.18 Å². The molecule has 2 heterocycles. The van der Waals surface area contributed by atoms with Gasteiger partial charge in [-0.2, -0.15) is 5.10 Å². The summed E-state index contributed by atoms with van der Waals surface area (Å²) >= 11 is 7.50. The Morgan fingerprint density at radius 3 is 2.88 bits per heavy atom. The van der Waals surface area contributed by atoms with E-state index in [1.165, 1.54) is 17.4 Å². The summed E-state index contributed by atoms with van der Waals surface area (Å²) in [4.78, 5) is 13.4. The second kappa shape index (κ2) is 7.02. The second-order valence-electron chi connectivity index (χ2n) is 5.94. The van der Waals surface area contributed by atoms with Crippen LogP contribution in [0.2, 0.25) is 5.02 Å². The van der Waals surface area contributed by atoms with Gasteiger partial charge in [-0.15, -0.1) is 11.3 Å². The minimum atomic E-state index is -0.376. The third kappa shape index (κ3) is 3.16. The van der Waals surface area contributed by atoms with Gasteiger partial charge in [0.15, 0.2) is 5.78 Å². The molecule has 0 amide bonds. The molecule has 0 aliphatic heterocycles. The predicted octanol–water partition coefficient (Wildman–Crippen LogP) is 5.90. The lowest BCUT2D eigenvalue weighted by Gasteiger charge is -2.04. The number of ketones is 1.